The van der Waals surface area contributed by atoms with Crippen LogP contribution in [0.2, 0.25) is 0 Å². The molecule has 218 valence electrons. The molecule has 0 amide bonds. The largest absolute Gasteiger partial charge is 0.381 e. The summed E-state index contributed by atoms with van der Waals surface area (Å²) in [5.41, 5.74) is 6.80. The monoisotopic (exact) mass is 567 g/mol. The van der Waals surface area contributed by atoms with E-state index in [9.17, 15) is 15.2 Å². The van der Waals surface area contributed by atoms with Crippen LogP contribution < -0.4 is 10.2 Å². The fraction of sp³-hybridized carbons (Fsp3) is 0.375. The quantitative estimate of drug-likeness (QED) is 0.165. The van der Waals surface area contributed by atoms with E-state index in [-0.39, 0.29) is 10.6 Å². The number of para-hydroxylation sites is 1. The van der Waals surface area contributed by atoms with Crippen LogP contribution in [0.1, 0.15) is 37.0 Å². The molecule has 0 spiro atoms. The van der Waals surface area contributed by atoms with Crippen molar-refractivity contribution in [2.24, 2.45) is 0 Å². The van der Waals surface area contributed by atoms with Crippen LogP contribution in [0.5, 0.6) is 0 Å². The normalized spacial score (nSPS) is 13.1. The third-order valence-electron chi connectivity index (χ3n) is 7.60. The molecular formula is C32H37N7O3. The third kappa shape index (κ3) is 5.93. The molecule has 0 saturated carbocycles. The minimum absolute atomic E-state index is 0.0181. The lowest BCUT2D eigenvalue weighted by molar-refractivity contribution is -0.384. The van der Waals surface area contributed by atoms with Gasteiger partial charge >= 0.3 is 0 Å². The number of nitro groups is 1. The van der Waals surface area contributed by atoms with E-state index in [4.69, 9.17) is 4.98 Å². The Hall–Kier alpha value is -4.46. The van der Waals surface area contributed by atoms with Crippen LogP contribution in [0.25, 0.3) is 22.2 Å². The Morgan fingerprint density at radius 1 is 1.24 bits per heavy atom. The Morgan fingerprint density at radius 2 is 2.05 bits per heavy atom. The molecule has 0 aliphatic carbocycles. The molecule has 3 heterocycles. The van der Waals surface area contributed by atoms with Crippen molar-refractivity contribution in [3.05, 3.63) is 69.5 Å². The number of hydrogen-bond acceptors (Lipinski definition) is 8. The van der Waals surface area contributed by atoms with E-state index in [2.05, 4.69) is 51.1 Å². The predicted octanol–water partition coefficient (Wildman–Crippen LogP) is 4.99. The van der Waals surface area contributed by atoms with Crippen LogP contribution in [0.3, 0.4) is 0 Å². The maximum absolute atomic E-state index is 12.1. The van der Waals surface area contributed by atoms with Gasteiger partial charge in [0.25, 0.3) is 5.69 Å². The molecule has 5 rings (SSSR count). The van der Waals surface area contributed by atoms with E-state index in [0.29, 0.717) is 41.5 Å². The highest BCUT2D eigenvalue weighted by Gasteiger charge is 2.23. The Bertz CT molecular complexity index is 1700. The number of nitro benzene ring substituents is 1. The number of benzene rings is 2. The van der Waals surface area contributed by atoms with Crippen LogP contribution in [-0.4, -0.2) is 69.8 Å². The van der Waals surface area contributed by atoms with Gasteiger partial charge in [-0.3, -0.25) is 10.1 Å². The number of aliphatic hydroxyl groups excluding tert-OH is 1. The molecule has 10 heteroatoms. The second kappa shape index (κ2) is 12.2. The first-order valence-corrected chi connectivity index (χ1v) is 14.3. The van der Waals surface area contributed by atoms with E-state index in [1.807, 2.05) is 43.9 Å². The topological polar surface area (TPSA) is 113 Å². The molecule has 2 N–H and O–H groups in total. The van der Waals surface area contributed by atoms with Gasteiger partial charge in [-0.2, -0.15) is 0 Å². The van der Waals surface area contributed by atoms with Crippen molar-refractivity contribution in [3.8, 4) is 23.1 Å². The Kier molecular flexibility index (Phi) is 8.43. The van der Waals surface area contributed by atoms with Gasteiger partial charge in [-0.15, -0.1) is 0 Å². The van der Waals surface area contributed by atoms with E-state index in [1.54, 1.807) is 19.2 Å². The first kappa shape index (κ1) is 29.0. The molecular weight excluding hydrogens is 530 g/mol. The smallest absolute Gasteiger partial charge is 0.294 e. The maximum atomic E-state index is 12.1. The number of nitrogens with one attached hydrogen (secondary N) is 1. The van der Waals surface area contributed by atoms with Gasteiger partial charge in [-0.25, -0.2) is 9.97 Å². The lowest BCUT2D eigenvalue weighted by atomic mass is 10.0. The average molecular weight is 568 g/mol. The van der Waals surface area contributed by atoms with Crippen molar-refractivity contribution < 1.29 is 10.0 Å². The minimum atomic E-state index is -0.798. The maximum Gasteiger partial charge on any atom is 0.294 e. The minimum Gasteiger partial charge on any atom is -0.381 e. The summed E-state index contributed by atoms with van der Waals surface area (Å²) in [6.07, 6.45) is 5.74. The summed E-state index contributed by atoms with van der Waals surface area (Å²) in [4.78, 5) is 25.2. The zero-order valence-corrected chi connectivity index (χ0v) is 24.8. The first-order valence-electron chi connectivity index (χ1n) is 14.3. The summed E-state index contributed by atoms with van der Waals surface area (Å²) in [7, 11) is 5.83. The molecule has 10 nitrogen and oxygen atoms in total. The number of anilines is 3. The second-order valence-corrected chi connectivity index (χ2v) is 11.0. The van der Waals surface area contributed by atoms with E-state index < -0.39 is 6.10 Å². The summed E-state index contributed by atoms with van der Waals surface area (Å²) < 4.78 is 2.27. The number of rotatable bonds is 9. The molecule has 1 aliphatic rings. The highest BCUT2D eigenvalue weighted by Crippen LogP contribution is 2.38. The highest BCUT2D eigenvalue weighted by atomic mass is 16.6. The van der Waals surface area contributed by atoms with Crippen molar-refractivity contribution >= 4 is 33.9 Å². The summed E-state index contributed by atoms with van der Waals surface area (Å²) in [5.74, 6) is 6.19. The summed E-state index contributed by atoms with van der Waals surface area (Å²) in [5, 5.41) is 26.3. The molecule has 1 unspecified atom stereocenters. The van der Waals surface area contributed by atoms with Gasteiger partial charge in [0, 0.05) is 56.1 Å². The van der Waals surface area contributed by atoms with Gasteiger partial charge in [-0.1, -0.05) is 37.0 Å². The van der Waals surface area contributed by atoms with Gasteiger partial charge in [0.2, 0.25) is 5.95 Å². The van der Waals surface area contributed by atoms with Gasteiger partial charge in [0.1, 0.15) is 11.8 Å². The van der Waals surface area contributed by atoms with Crippen LogP contribution in [0.15, 0.2) is 42.7 Å². The number of aliphatic hydroxyl groups is 1. The van der Waals surface area contributed by atoms with Crippen LogP contribution >= 0.6 is 0 Å². The van der Waals surface area contributed by atoms with E-state index >= 15 is 0 Å². The molecule has 0 saturated heterocycles. The van der Waals surface area contributed by atoms with Gasteiger partial charge in [0.15, 0.2) is 0 Å². The number of aryl methyl sites for hydroxylation is 3. The standard InChI is InChI=1S/C32H37N7O3/c1-6-22-17-28(37(5)16-15-36(3)4)29(39(41)42)18-27(22)34-32-33-19-24(13-12-21(2)40)30(35-32)26-20-38-14-8-10-23-9-7-11-25(26)31(23)38/h7,9,11,17-21,40H,6,8,10,14-16H2,1-5H3,(H,33,34,35). The van der Waals surface area contributed by atoms with Gasteiger partial charge < -0.3 is 24.8 Å². The van der Waals surface area contributed by atoms with Crippen LogP contribution in [-0.2, 0) is 19.4 Å². The van der Waals surface area contributed by atoms with Crippen molar-refractivity contribution in [2.75, 3.05) is 44.4 Å². The fourth-order valence-electron chi connectivity index (χ4n) is 5.44. The zero-order chi connectivity index (χ0) is 30.0. The lowest BCUT2D eigenvalue weighted by Gasteiger charge is -2.23. The van der Waals surface area contributed by atoms with Gasteiger partial charge in [-0.05, 0) is 57.5 Å². The average Bonchev–Trinajstić information content (AvgIpc) is 3.35. The second-order valence-electron chi connectivity index (χ2n) is 11.0. The van der Waals surface area contributed by atoms with Crippen molar-refractivity contribution in [1.29, 1.82) is 0 Å². The summed E-state index contributed by atoms with van der Waals surface area (Å²) in [6.45, 7) is 5.99. The molecule has 4 aromatic rings. The zero-order valence-electron chi connectivity index (χ0n) is 24.8. The Balaban J connectivity index is 1.59. The molecule has 2 aromatic carbocycles. The lowest BCUT2D eigenvalue weighted by Crippen LogP contribution is -2.29. The number of likely N-dealkylation sites (N-methyl/N-ethyl adjacent to an activating group) is 2. The van der Waals surface area contributed by atoms with Crippen molar-refractivity contribution in [1.82, 2.24) is 19.4 Å². The predicted molar refractivity (Wildman–Crippen MR) is 167 cm³/mol. The van der Waals surface area contributed by atoms with E-state index in [1.165, 1.54) is 11.1 Å². The SMILES string of the molecule is CCc1cc(N(C)CCN(C)C)c([N+](=O)[O-])cc1Nc1ncc(C#CC(C)O)c(-c2cn3c4c(cccc24)CCC3)n1. The molecule has 0 fully saturated rings. The molecule has 0 radical (unpaired) electrons. The van der Waals surface area contributed by atoms with Crippen molar-refractivity contribution in [3.63, 3.8) is 0 Å². The number of hydrogen-bond donors (Lipinski definition) is 2. The van der Waals surface area contributed by atoms with Gasteiger partial charge in [0.05, 0.1) is 27.4 Å². The molecule has 1 aliphatic heterocycles. The Morgan fingerprint density at radius 3 is 2.76 bits per heavy atom. The Labute approximate surface area is 246 Å². The summed E-state index contributed by atoms with van der Waals surface area (Å²) >= 11 is 0. The molecule has 2 aromatic heterocycles. The van der Waals surface area contributed by atoms with E-state index in [0.717, 1.165) is 42.4 Å². The number of aromatic nitrogens is 3. The van der Waals surface area contributed by atoms with Crippen LogP contribution in [0, 0.1) is 22.0 Å². The number of nitrogens with zero attached hydrogens (tertiary/aromatic N) is 6. The first-order chi connectivity index (χ1) is 20.2. The van der Waals surface area contributed by atoms with Crippen LogP contribution in [0.4, 0.5) is 23.0 Å². The molecule has 0 bridgehead atoms. The highest BCUT2D eigenvalue weighted by molar-refractivity contribution is 5.98. The third-order valence-corrected chi connectivity index (χ3v) is 7.60. The fourth-order valence-corrected chi connectivity index (χ4v) is 5.44. The molecule has 1 atom stereocenters. The molecule has 42 heavy (non-hydrogen) atoms. The van der Waals surface area contributed by atoms with Crippen molar-refractivity contribution in [2.45, 2.75) is 45.8 Å². The summed E-state index contributed by atoms with van der Waals surface area (Å²) in [6, 6.07) is 9.79.